The van der Waals surface area contributed by atoms with Crippen LogP contribution in [0.25, 0.3) is 0 Å². The zero-order valence-electron chi connectivity index (χ0n) is 12.9. The van der Waals surface area contributed by atoms with Gasteiger partial charge in [-0.25, -0.2) is 4.79 Å². The number of nitrogens with one attached hydrogen (secondary N) is 1. The summed E-state index contributed by atoms with van der Waals surface area (Å²) in [7, 11) is 0. The zero-order valence-corrected chi connectivity index (χ0v) is 13.6. The molecule has 0 saturated carbocycles. The first-order valence-electron chi connectivity index (χ1n) is 6.96. The molecule has 5 nitrogen and oxygen atoms in total. The van der Waals surface area contributed by atoms with E-state index in [1.165, 1.54) is 18.2 Å². The lowest BCUT2D eigenvalue weighted by Gasteiger charge is -2.12. The minimum atomic E-state index is -0.671. The molecule has 0 aliphatic rings. The average Bonchev–Trinajstić information content (AvgIpc) is 2.49. The molecule has 2 aromatic rings. The number of hydrogen-bond acceptors (Lipinski definition) is 4. The molecule has 2 aromatic carbocycles. The first-order chi connectivity index (χ1) is 10.9. The SMILES string of the molecule is Cc1cccc(C)c1NC(=O)COC(=O)c1ccc(Cl)cc1N. The van der Waals surface area contributed by atoms with Crippen molar-refractivity contribution in [3.05, 3.63) is 58.1 Å². The smallest absolute Gasteiger partial charge is 0.340 e. The fraction of sp³-hybridized carbons (Fsp3) is 0.176. The number of carbonyl (C=O) groups excluding carboxylic acids is 2. The normalized spacial score (nSPS) is 10.2. The highest BCUT2D eigenvalue weighted by atomic mass is 35.5. The minimum absolute atomic E-state index is 0.175. The highest BCUT2D eigenvalue weighted by molar-refractivity contribution is 6.31. The van der Waals surface area contributed by atoms with Crippen molar-refractivity contribution in [2.45, 2.75) is 13.8 Å². The zero-order chi connectivity index (χ0) is 17.0. The van der Waals surface area contributed by atoms with Gasteiger partial charge in [0.05, 0.1) is 5.56 Å². The van der Waals surface area contributed by atoms with Crippen molar-refractivity contribution in [3.63, 3.8) is 0 Å². The summed E-state index contributed by atoms with van der Waals surface area (Å²) in [5.74, 6) is -1.08. The first-order valence-corrected chi connectivity index (χ1v) is 7.34. The van der Waals surface area contributed by atoms with Crippen LogP contribution >= 0.6 is 11.6 Å². The van der Waals surface area contributed by atoms with Crippen LogP contribution in [0.4, 0.5) is 11.4 Å². The van der Waals surface area contributed by atoms with Crippen molar-refractivity contribution >= 4 is 34.9 Å². The van der Waals surface area contributed by atoms with Crippen LogP contribution in [0, 0.1) is 13.8 Å². The molecular weight excluding hydrogens is 316 g/mol. The van der Waals surface area contributed by atoms with Gasteiger partial charge in [0, 0.05) is 16.4 Å². The van der Waals surface area contributed by atoms with E-state index in [1.54, 1.807) is 0 Å². The Morgan fingerprint density at radius 1 is 1.17 bits per heavy atom. The number of benzene rings is 2. The summed E-state index contributed by atoms with van der Waals surface area (Å²) in [6, 6.07) is 10.1. The summed E-state index contributed by atoms with van der Waals surface area (Å²) in [5.41, 5.74) is 8.68. The van der Waals surface area contributed by atoms with Gasteiger partial charge in [0.2, 0.25) is 0 Å². The molecule has 0 saturated heterocycles. The molecule has 1 amide bonds. The van der Waals surface area contributed by atoms with Gasteiger partial charge in [0.25, 0.3) is 5.91 Å². The van der Waals surface area contributed by atoms with Gasteiger partial charge in [0.1, 0.15) is 0 Å². The van der Waals surface area contributed by atoms with Crippen molar-refractivity contribution in [2.75, 3.05) is 17.7 Å². The monoisotopic (exact) mass is 332 g/mol. The van der Waals surface area contributed by atoms with Gasteiger partial charge in [0.15, 0.2) is 6.61 Å². The number of anilines is 2. The average molecular weight is 333 g/mol. The summed E-state index contributed by atoms with van der Waals surface area (Å²) >= 11 is 5.77. The predicted octanol–water partition coefficient (Wildman–Crippen LogP) is 3.33. The molecule has 0 radical (unpaired) electrons. The molecule has 6 heteroatoms. The van der Waals surface area contributed by atoms with E-state index in [-0.39, 0.29) is 11.3 Å². The lowest BCUT2D eigenvalue weighted by Crippen LogP contribution is -2.22. The van der Waals surface area contributed by atoms with Crippen molar-refractivity contribution in [1.82, 2.24) is 0 Å². The molecule has 120 valence electrons. The van der Waals surface area contributed by atoms with Crippen molar-refractivity contribution in [1.29, 1.82) is 0 Å². The third-order valence-electron chi connectivity index (χ3n) is 3.31. The van der Waals surface area contributed by atoms with E-state index in [2.05, 4.69) is 5.32 Å². The lowest BCUT2D eigenvalue weighted by molar-refractivity contribution is -0.119. The fourth-order valence-corrected chi connectivity index (χ4v) is 2.30. The number of halogens is 1. The Labute approximate surface area is 139 Å². The van der Waals surface area contributed by atoms with E-state index >= 15 is 0 Å². The summed E-state index contributed by atoms with van der Waals surface area (Å²) in [6.45, 7) is 3.39. The number of aryl methyl sites for hydroxylation is 2. The molecule has 0 heterocycles. The topological polar surface area (TPSA) is 81.4 Å². The van der Waals surface area contributed by atoms with E-state index in [4.69, 9.17) is 22.1 Å². The van der Waals surface area contributed by atoms with Gasteiger partial charge in [-0.1, -0.05) is 29.8 Å². The van der Waals surface area contributed by atoms with Crippen LogP contribution < -0.4 is 11.1 Å². The Morgan fingerprint density at radius 2 is 1.83 bits per heavy atom. The highest BCUT2D eigenvalue weighted by Crippen LogP contribution is 2.20. The number of amides is 1. The third kappa shape index (κ3) is 4.23. The Bertz CT molecular complexity index is 739. The van der Waals surface area contributed by atoms with Crippen LogP contribution in [0.3, 0.4) is 0 Å². The van der Waals surface area contributed by atoms with E-state index in [0.29, 0.717) is 5.02 Å². The first kappa shape index (κ1) is 16.8. The van der Waals surface area contributed by atoms with Gasteiger partial charge < -0.3 is 15.8 Å². The molecule has 23 heavy (non-hydrogen) atoms. The summed E-state index contributed by atoms with van der Waals surface area (Å²) in [5, 5.41) is 3.16. The molecule has 0 aliphatic heterocycles. The van der Waals surface area contributed by atoms with Crippen LogP contribution in [-0.2, 0) is 9.53 Å². The number of nitrogen functional groups attached to an aromatic ring is 1. The highest BCUT2D eigenvalue weighted by Gasteiger charge is 2.14. The Kier molecular flexibility index (Phi) is 5.24. The maximum Gasteiger partial charge on any atom is 0.340 e. The van der Waals surface area contributed by atoms with Gasteiger partial charge in [-0.2, -0.15) is 0 Å². The Hall–Kier alpha value is -2.53. The molecule has 0 aromatic heterocycles. The standard InChI is InChI=1S/C17H17ClN2O3/c1-10-4-3-5-11(2)16(10)20-15(21)9-23-17(22)13-7-6-12(18)8-14(13)19/h3-8H,9,19H2,1-2H3,(H,20,21). The van der Waals surface area contributed by atoms with Gasteiger partial charge in [-0.05, 0) is 43.2 Å². The second-order valence-corrected chi connectivity index (χ2v) is 5.56. The van der Waals surface area contributed by atoms with E-state index in [1.807, 2.05) is 32.0 Å². The molecular formula is C17H17ClN2O3. The van der Waals surface area contributed by atoms with Gasteiger partial charge in [-0.15, -0.1) is 0 Å². The predicted molar refractivity (Wildman–Crippen MR) is 90.7 cm³/mol. The number of nitrogens with two attached hydrogens (primary N) is 1. The van der Waals surface area contributed by atoms with Crippen LogP contribution in [0.15, 0.2) is 36.4 Å². The molecule has 2 rings (SSSR count). The molecule has 0 spiro atoms. The van der Waals surface area contributed by atoms with Gasteiger partial charge >= 0.3 is 5.97 Å². The Morgan fingerprint density at radius 3 is 2.43 bits per heavy atom. The molecule has 0 bridgehead atoms. The maximum atomic E-state index is 12.0. The largest absolute Gasteiger partial charge is 0.452 e. The van der Waals surface area contributed by atoms with Crippen LogP contribution in [0.1, 0.15) is 21.5 Å². The lowest BCUT2D eigenvalue weighted by atomic mass is 10.1. The molecule has 0 atom stereocenters. The number of ether oxygens (including phenoxy) is 1. The fourth-order valence-electron chi connectivity index (χ4n) is 2.12. The summed E-state index contributed by atoms with van der Waals surface area (Å²) in [6.07, 6.45) is 0. The number of para-hydroxylation sites is 1. The summed E-state index contributed by atoms with van der Waals surface area (Å²) in [4.78, 5) is 23.9. The van der Waals surface area contributed by atoms with Crippen LogP contribution in [0.5, 0.6) is 0 Å². The van der Waals surface area contributed by atoms with E-state index in [9.17, 15) is 9.59 Å². The number of hydrogen-bond donors (Lipinski definition) is 2. The maximum absolute atomic E-state index is 12.0. The third-order valence-corrected chi connectivity index (χ3v) is 3.55. The van der Waals surface area contributed by atoms with Crippen LogP contribution in [0.2, 0.25) is 5.02 Å². The van der Waals surface area contributed by atoms with Gasteiger partial charge in [-0.3, -0.25) is 4.79 Å². The number of rotatable bonds is 4. The van der Waals surface area contributed by atoms with Crippen molar-refractivity contribution in [3.8, 4) is 0 Å². The number of esters is 1. The summed E-state index contributed by atoms with van der Waals surface area (Å²) < 4.78 is 4.99. The molecule has 0 fully saturated rings. The van der Waals surface area contributed by atoms with E-state index in [0.717, 1.165) is 16.8 Å². The van der Waals surface area contributed by atoms with Crippen molar-refractivity contribution in [2.24, 2.45) is 0 Å². The second-order valence-electron chi connectivity index (χ2n) is 5.12. The Balaban J connectivity index is 1.98. The molecule has 3 N–H and O–H groups in total. The van der Waals surface area contributed by atoms with Crippen molar-refractivity contribution < 1.29 is 14.3 Å². The molecule has 0 aliphatic carbocycles. The minimum Gasteiger partial charge on any atom is -0.452 e. The number of carbonyl (C=O) groups is 2. The quantitative estimate of drug-likeness (QED) is 0.664. The van der Waals surface area contributed by atoms with E-state index < -0.39 is 18.5 Å². The second kappa shape index (κ2) is 7.15. The molecule has 0 unspecified atom stereocenters. The van der Waals surface area contributed by atoms with Crippen LogP contribution in [-0.4, -0.2) is 18.5 Å².